The predicted octanol–water partition coefficient (Wildman–Crippen LogP) is 5.37. The molecule has 0 fully saturated rings. The molecule has 0 saturated heterocycles. The van der Waals surface area contributed by atoms with E-state index in [1.807, 2.05) is 0 Å². The standard InChI is InChI=1S/C35H30N2O8/c1-42-28-9-6-22(35(41)33-25-18-27(39)30(44-3)15-21(25)11-13-37-33)16-31(28)45-23-7-4-19(5-8-23)34(40)32-24-17-26(38)29(43-2)14-20(24)10-12-36-32/h4-9,14-18,38-39H,10-13H2,1-3H3. The molecule has 4 aromatic rings. The Kier molecular flexibility index (Phi) is 7.95. The summed E-state index contributed by atoms with van der Waals surface area (Å²) in [6.07, 6.45) is 1.26. The summed E-state index contributed by atoms with van der Waals surface area (Å²) in [6, 6.07) is 17.9. The minimum absolute atomic E-state index is 0.0600. The molecule has 6 rings (SSSR count). The lowest BCUT2D eigenvalue weighted by Gasteiger charge is -2.19. The number of benzene rings is 4. The van der Waals surface area contributed by atoms with Crippen molar-refractivity contribution in [1.29, 1.82) is 0 Å². The molecule has 0 saturated carbocycles. The average molecular weight is 607 g/mol. The number of aliphatic imine (C=N–C) groups is 2. The highest BCUT2D eigenvalue weighted by molar-refractivity contribution is 6.52. The maximum Gasteiger partial charge on any atom is 0.211 e. The van der Waals surface area contributed by atoms with E-state index in [0.29, 0.717) is 76.9 Å². The molecule has 0 spiro atoms. The highest BCUT2D eigenvalue weighted by atomic mass is 16.5. The predicted molar refractivity (Wildman–Crippen MR) is 168 cm³/mol. The molecule has 0 amide bonds. The molecule has 45 heavy (non-hydrogen) atoms. The first kappa shape index (κ1) is 29.4. The quantitative estimate of drug-likeness (QED) is 0.243. The molecule has 10 nitrogen and oxygen atoms in total. The van der Waals surface area contributed by atoms with E-state index in [2.05, 4.69) is 9.98 Å². The van der Waals surface area contributed by atoms with E-state index in [-0.39, 0.29) is 34.5 Å². The van der Waals surface area contributed by atoms with Gasteiger partial charge in [0, 0.05) is 35.3 Å². The van der Waals surface area contributed by atoms with Gasteiger partial charge in [-0.1, -0.05) is 0 Å². The summed E-state index contributed by atoms with van der Waals surface area (Å²) >= 11 is 0. The van der Waals surface area contributed by atoms with Crippen molar-refractivity contribution in [1.82, 2.24) is 0 Å². The summed E-state index contributed by atoms with van der Waals surface area (Å²) in [5, 5.41) is 20.6. The van der Waals surface area contributed by atoms with Crippen molar-refractivity contribution in [3.8, 4) is 40.2 Å². The Balaban J connectivity index is 1.24. The third kappa shape index (κ3) is 5.58. The fourth-order valence-electron chi connectivity index (χ4n) is 5.51. The normalized spacial score (nSPS) is 13.5. The number of nitrogens with zero attached hydrogens (tertiary/aromatic N) is 2. The molecule has 228 valence electrons. The van der Waals surface area contributed by atoms with Crippen LogP contribution in [0.4, 0.5) is 0 Å². The molecule has 0 atom stereocenters. The topological polar surface area (TPSA) is 136 Å². The van der Waals surface area contributed by atoms with Crippen LogP contribution in [0, 0.1) is 0 Å². The Labute approximate surface area is 259 Å². The first-order valence-electron chi connectivity index (χ1n) is 14.3. The highest BCUT2D eigenvalue weighted by Gasteiger charge is 2.26. The average Bonchev–Trinajstić information content (AvgIpc) is 3.06. The van der Waals surface area contributed by atoms with Crippen LogP contribution in [0.5, 0.6) is 40.2 Å². The maximum atomic E-state index is 13.6. The Bertz CT molecular complexity index is 1890. The fraction of sp³-hybridized carbons (Fsp3) is 0.200. The van der Waals surface area contributed by atoms with Crippen molar-refractivity contribution in [2.75, 3.05) is 34.4 Å². The molecule has 0 unspecified atom stereocenters. The molecule has 0 radical (unpaired) electrons. The Hall–Kier alpha value is -5.64. The molecular weight excluding hydrogens is 576 g/mol. The monoisotopic (exact) mass is 606 g/mol. The zero-order valence-electron chi connectivity index (χ0n) is 24.9. The van der Waals surface area contributed by atoms with Crippen LogP contribution in [-0.4, -0.2) is 67.6 Å². The third-order valence-corrected chi connectivity index (χ3v) is 7.82. The second kappa shape index (κ2) is 12.2. The summed E-state index contributed by atoms with van der Waals surface area (Å²) < 4.78 is 22.0. The zero-order valence-corrected chi connectivity index (χ0v) is 24.9. The van der Waals surface area contributed by atoms with Gasteiger partial charge >= 0.3 is 0 Å². The number of phenols is 2. The van der Waals surface area contributed by atoms with Gasteiger partial charge in [-0.3, -0.25) is 19.6 Å². The SMILES string of the molecule is COc1cc2c(cc1O)C(C(=O)c1ccc(Oc3cc(C(=O)C4=NCCc5cc(OC)c(O)cc54)ccc3OC)cc1)=NCC2. The smallest absolute Gasteiger partial charge is 0.211 e. The van der Waals surface area contributed by atoms with Crippen molar-refractivity contribution in [3.63, 3.8) is 0 Å². The van der Waals surface area contributed by atoms with Gasteiger partial charge < -0.3 is 29.2 Å². The van der Waals surface area contributed by atoms with Crippen LogP contribution in [0.15, 0.2) is 76.7 Å². The van der Waals surface area contributed by atoms with Crippen LogP contribution < -0.4 is 18.9 Å². The molecule has 0 aromatic heterocycles. The number of aromatic hydroxyl groups is 2. The van der Waals surface area contributed by atoms with Crippen molar-refractivity contribution in [3.05, 3.63) is 100 Å². The van der Waals surface area contributed by atoms with Crippen LogP contribution in [0.1, 0.15) is 43.0 Å². The lowest BCUT2D eigenvalue weighted by Crippen LogP contribution is -2.22. The van der Waals surface area contributed by atoms with Crippen molar-refractivity contribution in [2.24, 2.45) is 9.98 Å². The lowest BCUT2D eigenvalue weighted by atomic mass is 9.92. The zero-order chi connectivity index (χ0) is 31.7. The Morgan fingerprint density at radius 2 is 1.09 bits per heavy atom. The van der Waals surface area contributed by atoms with Gasteiger partial charge in [0.25, 0.3) is 0 Å². The van der Waals surface area contributed by atoms with E-state index in [9.17, 15) is 19.8 Å². The summed E-state index contributed by atoms with van der Waals surface area (Å²) in [5.74, 6) is 1.07. The molecule has 2 aliphatic heterocycles. The number of Topliss-reactive ketones (excluding diaryl/α,β-unsaturated/α-hetero) is 2. The van der Waals surface area contributed by atoms with Gasteiger partial charge in [0.2, 0.25) is 11.6 Å². The molecular formula is C35H30N2O8. The van der Waals surface area contributed by atoms with Crippen molar-refractivity contribution in [2.45, 2.75) is 12.8 Å². The summed E-state index contributed by atoms with van der Waals surface area (Å²) in [6.45, 7) is 0.880. The lowest BCUT2D eigenvalue weighted by molar-refractivity contribution is 0.105. The number of methoxy groups -OCH3 is 3. The molecule has 2 aliphatic rings. The number of rotatable bonds is 9. The van der Waals surface area contributed by atoms with Crippen LogP contribution in [0.25, 0.3) is 0 Å². The van der Waals surface area contributed by atoms with Crippen molar-refractivity contribution < 1.29 is 38.7 Å². The second-order valence-corrected chi connectivity index (χ2v) is 10.5. The summed E-state index contributed by atoms with van der Waals surface area (Å²) in [5.41, 5.74) is 4.12. The first-order chi connectivity index (χ1) is 21.8. The van der Waals surface area contributed by atoms with Gasteiger partial charge in [0.15, 0.2) is 34.5 Å². The molecule has 4 aromatic carbocycles. The number of ketones is 2. The molecule has 0 aliphatic carbocycles. The van der Waals surface area contributed by atoms with Crippen LogP contribution in [0.3, 0.4) is 0 Å². The molecule has 10 heteroatoms. The van der Waals surface area contributed by atoms with Gasteiger partial charge in [-0.05, 0) is 90.7 Å². The van der Waals surface area contributed by atoms with E-state index in [1.165, 1.54) is 33.5 Å². The van der Waals surface area contributed by atoms with E-state index in [1.54, 1.807) is 54.6 Å². The number of ether oxygens (including phenoxy) is 4. The van der Waals surface area contributed by atoms with E-state index in [4.69, 9.17) is 18.9 Å². The highest BCUT2D eigenvalue weighted by Crippen LogP contribution is 2.36. The van der Waals surface area contributed by atoms with E-state index < -0.39 is 0 Å². The maximum absolute atomic E-state index is 13.6. The number of carbonyl (C=O) groups excluding carboxylic acids is 2. The first-order valence-corrected chi connectivity index (χ1v) is 14.3. The van der Waals surface area contributed by atoms with Gasteiger partial charge in [0.1, 0.15) is 17.2 Å². The molecule has 2 heterocycles. The largest absolute Gasteiger partial charge is 0.504 e. The van der Waals surface area contributed by atoms with Crippen molar-refractivity contribution >= 4 is 23.0 Å². The fourth-order valence-corrected chi connectivity index (χ4v) is 5.51. The second-order valence-electron chi connectivity index (χ2n) is 10.5. The van der Waals surface area contributed by atoms with Crippen LogP contribution in [0.2, 0.25) is 0 Å². The third-order valence-electron chi connectivity index (χ3n) is 7.82. The number of carbonyl (C=O) groups is 2. The van der Waals surface area contributed by atoms with E-state index in [0.717, 1.165) is 11.1 Å². The summed E-state index contributed by atoms with van der Waals surface area (Å²) in [4.78, 5) is 36.0. The Morgan fingerprint density at radius 1 is 0.600 bits per heavy atom. The number of hydrogen-bond acceptors (Lipinski definition) is 10. The summed E-state index contributed by atoms with van der Waals surface area (Å²) in [7, 11) is 4.45. The van der Waals surface area contributed by atoms with E-state index >= 15 is 0 Å². The number of phenolic OH excluding ortho intramolecular Hbond substituents is 2. The minimum atomic E-state index is -0.328. The number of hydrogen-bond donors (Lipinski definition) is 2. The Morgan fingerprint density at radius 3 is 1.60 bits per heavy atom. The van der Waals surface area contributed by atoms with Crippen LogP contribution >= 0.6 is 0 Å². The van der Waals surface area contributed by atoms with Gasteiger partial charge in [-0.25, -0.2) is 0 Å². The number of fused-ring (bicyclic) bond motifs is 2. The van der Waals surface area contributed by atoms with Gasteiger partial charge in [-0.15, -0.1) is 0 Å². The molecule has 0 bridgehead atoms. The van der Waals surface area contributed by atoms with Gasteiger partial charge in [0.05, 0.1) is 21.3 Å². The van der Waals surface area contributed by atoms with Gasteiger partial charge in [-0.2, -0.15) is 0 Å². The minimum Gasteiger partial charge on any atom is -0.504 e. The molecule has 2 N–H and O–H groups in total. The van der Waals surface area contributed by atoms with Crippen LogP contribution in [-0.2, 0) is 12.8 Å².